The number of ether oxygens (including phenoxy) is 1. The van der Waals surface area contributed by atoms with Crippen LogP contribution < -0.4 is 0 Å². The zero-order valence-corrected chi connectivity index (χ0v) is 13.6. The molecule has 120 valence electrons. The van der Waals surface area contributed by atoms with Crippen molar-refractivity contribution < 1.29 is 50.8 Å². The van der Waals surface area contributed by atoms with Gasteiger partial charge in [0.05, 0.1) is 12.7 Å². The van der Waals surface area contributed by atoms with E-state index in [1.54, 1.807) is 0 Å². The molecule has 0 amide bonds. The highest BCUT2D eigenvalue weighted by Gasteiger charge is 2.43. The van der Waals surface area contributed by atoms with E-state index >= 15 is 0 Å². The normalized spacial score (nSPS) is 27.7. The topological polar surface area (TPSA) is 158 Å². The monoisotopic (exact) mass is 373 g/mol. The van der Waals surface area contributed by atoms with Crippen molar-refractivity contribution in [3.63, 3.8) is 0 Å². The molecule has 0 aromatic rings. The number of hydrogen-bond donors (Lipinski definition) is 3. The quantitative estimate of drug-likeness (QED) is 0.342. The highest BCUT2D eigenvalue weighted by Crippen LogP contribution is 2.63. The van der Waals surface area contributed by atoms with E-state index in [9.17, 15) is 18.6 Å². The van der Waals surface area contributed by atoms with E-state index in [0.29, 0.717) is 12.8 Å². The summed E-state index contributed by atoms with van der Waals surface area (Å²) in [6.07, 6.45) is 0.497. The van der Waals surface area contributed by atoms with E-state index in [4.69, 9.17) is 22.6 Å². The Hall–Kier alpha value is 0.435. The number of hydrogen-bond acceptors (Lipinski definition) is 8. The van der Waals surface area contributed by atoms with Crippen molar-refractivity contribution in [1.29, 1.82) is 0 Å². The lowest BCUT2D eigenvalue weighted by atomic mass is 9.45. The maximum absolute atomic E-state index is 11.4. The molecule has 22 heavy (non-hydrogen) atoms. The molecule has 0 spiro atoms. The van der Waals surface area contributed by atoms with Crippen LogP contribution in [-0.4, -0.2) is 56.0 Å². The molecule has 1 aliphatic rings. The van der Waals surface area contributed by atoms with Gasteiger partial charge < -0.3 is 14.2 Å². The lowest BCUT2D eigenvalue weighted by molar-refractivity contribution is 0.0396. The van der Waals surface area contributed by atoms with Gasteiger partial charge in [-0.1, -0.05) is 0 Å². The minimum Gasteiger partial charge on any atom is -0.516 e. The Kier molecular flexibility index (Phi) is 8.43. The molecular formula is C5H11B3O11P3+. The van der Waals surface area contributed by atoms with Gasteiger partial charge in [-0.2, -0.15) is 4.31 Å². The molecule has 0 aromatic heterocycles. The Morgan fingerprint density at radius 2 is 2.00 bits per heavy atom. The largest absolute Gasteiger partial charge is 0.705 e. The Morgan fingerprint density at radius 1 is 1.32 bits per heavy atom. The molecule has 1 fully saturated rings. The summed E-state index contributed by atoms with van der Waals surface area (Å²) in [6, 6.07) is -0.318. The van der Waals surface area contributed by atoms with Gasteiger partial charge in [0.2, 0.25) is 7.37 Å². The van der Waals surface area contributed by atoms with Crippen LogP contribution in [0.1, 0.15) is 12.8 Å². The second kappa shape index (κ2) is 9.06. The molecule has 3 N–H and O–H groups in total. The fraction of sp³-hybridized carbons (Fsp3) is 1.00. The molecule has 0 aliphatic carbocycles. The molecule has 11 nitrogen and oxygen atoms in total. The van der Waals surface area contributed by atoms with Crippen LogP contribution in [0.5, 0.6) is 0 Å². The highest BCUT2D eigenvalue weighted by atomic mass is 31.3. The number of rotatable bonds is 10. The Morgan fingerprint density at radius 3 is 2.59 bits per heavy atom. The average molecular weight is 372 g/mol. The first-order valence-electron chi connectivity index (χ1n) is 5.68. The van der Waals surface area contributed by atoms with E-state index in [1.807, 2.05) is 0 Å². The van der Waals surface area contributed by atoms with Crippen molar-refractivity contribution in [3.8, 4) is 0 Å². The second-order valence-electron chi connectivity index (χ2n) is 3.97. The van der Waals surface area contributed by atoms with Crippen molar-refractivity contribution >= 4 is 46.5 Å². The molecule has 3 unspecified atom stereocenters. The summed E-state index contributed by atoms with van der Waals surface area (Å²) in [7, 11) is -6.16. The zero-order valence-electron chi connectivity index (χ0n) is 11.0. The first kappa shape index (κ1) is 20.5. The Bertz CT molecular complexity index is 476. The van der Waals surface area contributed by atoms with Crippen molar-refractivity contribution in [1.82, 2.24) is 0 Å². The molecule has 4 radical (unpaired) electrons. The van der Waals surface area contributed by atoms with E-state index in [-0.39, 0.29) is 6.00 Å². The minimum absolute atomic E-state index is 0.318. The lowest BCUT2D eigenvalue weighted by Gasteiger charge is -2.16. The van der Waals surface area contributed by atoms with Crippen LogP contribution in [-0.2, 0) is 36.1 Å². The number of phosphoric acid groups is 2. The molecule has 17 heteroatoms. The average Bonchev–Trinajstić information content (AvgIpc) is 2.79. The molecule has 0 aromatic carbocycles. The number of phosphoric ester groups is 1. The van der Waals surface area contributed by atoms with Gasteiger partial charge in [0.1, 0.15) is 7.17 Å². The summed E-state index contributed by atoms with van der Waals surface area (Å²) in [5.74, 6) is 0. The third-order valence-electron chi connectivity index (χ3n) is 2.32. The van der Waals surface area contributed by atoms with Crippen molar-refractivity contribution in [3.05, 3.63) is 0 Å². The minimum atomic E-state index is -5.21. The molecule has 0 bridgehead atoms. The van der Waals surface area contributed by atoms with E-state index in [2.05, 4.69) is 17.7 Å². The molecule has 5 atom stereocenters. The summed E-state index contributed by atoms with van der Waals surface area (Å²) in [4.78, 5) is 26.5. The fourth-order valence-corrected chi connectivity index (χ4v) is 4.25. The molecule has 1 rings (SSSR count). The highest BCUT2D eigenvalue weighted by molar-refractivity contribution is 7.64. The first-order chi connectivity index (χ1) is 10.1. The SMILES string of the molecule is [B]O[B][B][C@H]1CC[C@@H](COP(=O)(O)OP(=O)(O)O[P+](=O)O)O1. The fourth-order valence-electron chi connectivity index (χ4n) is 1.57. The van der Waals surface area contributed by atoms with Gasteiger partial charge in [-0.05, 0) is 17.2 Å². The summed E-state index contributed by atoms with van der Waals surface area (Å²) in [5, 5.41) is 0. The van der Waals surface area contributed by atoms with E-state index in [0.717, 1.165) is 0 Å². The zero-order chi connectivity index (χ0) is 16.8. The third-order valence-corrected chi connectivity index (χ3v) is 5.83. The van der Waals surface area contributed by atoms with Gasteiger partial charge in [0.25, 0.3) is 8.05 Å². The van der Waals surface area contributed by atoms with Crippen LogP contribution in [0.2, 0.25) is 0 Å². The van der Waals surface area contributed by atoms with Crippen LogP contribution in [0, 0.1) is 0 Å². The van der Waals surface area contributed by atoms with Crippen molar-refractivity contribution in [2.45, 2.75) is 24.9 Å². The van der Waals surface area contributed by atoms with Crippen molar-refractivity contribution in [2.24, 2.45) is 0 Å². The van der Waals surface area contributed by atoms with Crippen LogP contribution in [0.15, 0.2) is 0 Å². The summed E-state index contributed by atoms with van der Waals surface area (Å²) in [5.41, 5.74) is 0. The van der Waals surface area contributed by atoms with E-state index in [1.165, 1.54) is 14.5 Å². The Balaban J connectivity index is 2.38. The summed E-state index contributed by atoms with van der Waals surface area (Å²) < 4.78 is 54.3. The standard InChI is InChI=1S/C5H10B3O11P3/c6-17-8-7-5-2-1-4(16-5)3-15-21(11,12)19-22(13,14)18-20(9)10/h4-5H,1-3H2,(H2-,9,10,11,12,13,14)/p+1/t4-,5+/m0/s1. The molecule has 0 saturated carbocycles. The van der Waals surface area contributed by atoms with Gasteiger partial charge in [0.15, 0.2) is 0 Å². The maximum atomic E-state index is 11.4. The lowest BCUT2D eigenvalue weighted by Crippen LogP contribution is -2.25. The predicted molar refractivity (Wildman–Crippen MR) is 73.8 cm³/mol. The molecule has 1 saturated heterocycles. The first-order valence-corrected chi connectivity index (χ1v) is 9.80. The van der Waals surface area contributed by atoms with Crippen LogP contribution in [0.25, 0.3) is 0 Å². The van der Waals surface area contributed by atoms with Gasteiger partial charge in [-0.15, -0.1) is 4.89 Å². The van der Waals surface area contributed by atoms with Crippen LogP contribution >= 0.6 is 23.9 Å². The second-order valence-corrected chi connectivity index (χ2v) is 7.89. The smallest absolute Gasteiger partial charge is 0.516 e. The van der Waals surface area contributed by atoms with Crippen LogP contribution in [0.4, 0.5) is 0 Å². The Labute approximate surface area is 129 Å². The summed E-state index contributed by atoms with van der Waals surface area (Å²) in [6.45, 7) is -0.410. The van der Waals surface area contributed by atoms with E-state index < -0.39 is 36.6 Å². The van der Waals surface area contributed by atoms with Gasteiger partial charge in [-0.3, -0.25) is 9.42 Å². The van der Waals surface area contributed by atoms with Gasteiger partial charge in [0, 0.05) is 10.6 Å². The van der Waals surface area contributed by atoms with Crippen LogP contribution in [0.3, 0.4) is 0 Å². The predicted octanol–water partition coefficient (Wildman–Crippen LogP) is -0.270. The van der Waals surface area contributed by atoms with Gasteiger partial charge in [-0.25, -0.2) is 9.13 Å². The molecule has 1 aliphatic heterocycles. The maximum Gasteiger partial charge on any atom is 0.705 e. The van der Waals surface area contributed by atoms with Crippen molar-refractivity contribution in [2.75, 3.05) is 6.61 Å². The van der Waals surface area contributed by atoms with Gasteiger partial charge >= 0.3 is 23.9 Å². The molecular weight excluding hydrogens is 361 g/mol. The summed E-state index contributed by atoms with van der Waals surface area (Å²) >= 11 is 0. The third kappa shape index (κ3) is 8.33. The molecule has 1 heterocycles.